The molecule has 5 nitrogen and oxygen atoms in total. The lowest BCUT2D eigenvalue weighted by atomic mass is 9.77. The molecule has 2 atom stereocenters. The summed E-state index contributed by atoms with van der Waals surface area (Å²) in [6, 6.07) is 2.41. The second kappa shape index (κ2) is 6.03. The summed E-state index contributed by atoms with van der Waals surface area (Å²) in [7, 11) is 1.88. The molecular weight excluding hydrogens is 276 g/mol. The number of amides is 1. The van der Waals surface area contributed by atoms with Crippen molar-refractivity contribution in [3.63, 3.8) is 0 Å². The quantitative estimate of drug-likeness (QED) is 0.930. The molecule has 0 aliphatic carbocycles. The van der Waals surface area contributed by atoms with Crippen LogP contribution < -0.4 is 5.32 Å². The topological polar surface area (TPSA) is 50.2 Å². The molecule has 2 aliphatic heterocycles. The number of carbonyl (C=O) groups is 1. The average molecular weight is 304 g/mol. The van der Waals surface area contributed by atoms with Crippen molar-refractivity contribution in [1.82, 2.24) is 20.0 Å². The van der Waals surface area contributed by atoms with Crippen LogP contribution in [-0.2, 0) is 13.5 Å². The van der Waals surface area contributed by atoms with Gasteiger partial charge in [0, 0.05) is 19.6 Å². The third-order valence-electron chi connectivity index (χ3n) is 5.39. The molecule has 0 unspecified atom stereocenters. The van der Waals surface area contributed by atoms with Gasteiger partial charge in [-0.25, -0.2) is 0 Å². The number of rotatable bonds is 3. The average Bonchev–Trinajstić information content (AvgIpc) is 2.86. The molecule has 2 saturated heterocycles. The van der Waals surface area contributed by atoms with E-state index in [1.807, 2.05) is 13.1 Å². The highest BCUT2D eigenvalue weighted by molar-refractivity contribution is 5.93. The van der Waals surface area contributed by atoms with Crippen molar-refractivity contribution in [3.8, 4) is 0 Å². The van der Waals surface area contributed by atoms with E-state index in [4.69, 9.17) is 0 Å². The zero-order valence-corrected chi connectivity index (χ0v) is 14.1. The van der Waals surface area contributed by atoms with E-state index in [2.05, 4.69) is 29.2 Å². The van der Waals surface area contributed by atoms with Gasteiger partial charge >= 0.3 is 0 Å². The van der Waals surface area contributed by atoms with Crippen molar-refractivity contribution in [1.29, 1.82) is 0 Å². The summed E-state index contributed by atoms with van der Waals surface area (Å²) in [6.07, 6.45) is 6.48. The first-order chi connectivity index (χ1) is 10.6. The van der Waals surface area contributed by atoms with Crippen LogP contribution in [0, 0.1) is 0 Å². The van der Waals surface area contributed by atoms with Crippen molar-refractivity contribution in [2.75, 3.05) is 13.1 Å². The molecule has 0 aromatic carbocycles. The summed E-state index contributed by atoms with van der Waals surface area (Å²) in [5.74, 6) is 0.147. The Balaban J connectivity index is 1.87. The van der Waals surface area contributed by atoms with Gasteiger partial charge in [-0.05, 0) is 51.6 Å². The van der Waals surface area contributed by atoms with Crippen LogP contribution in [0.25, 0.3) is 0 Å². The van der Waals surface area contributed by atoms with Crippen LogP contribution in [0.3, 0.4) is 0 Å². The fourth-order valence-corrected chi connectivity index (χ4v) is 4.14. The fourth-order valence-electron chi connectivity index (χ4n) is 4.14. The molecule has 0 spiro atoms. The summed E-state index contributed by atoms with van der Waals surface area (Å²) in [4.78, 5) is 15.2. The van der Waals surface area contributed by atoms with Crippen LogP contribution in [0.15, 0.2) is 6.07 Å². The summed E-state index contributed by atoms with van der Waals surface area (Å²) >= 11 is 0. The van der Waals surface area contributed by atoms with Gasteiger partial charge in [0.15, 0.2) is 0 Å². The Kier molecular flexibility index (Phi) is 4.26. The standard InChI is InChI=1S/C17H28N4O/c1-4-7-13-12-14(20(3)19-13)16(22)21-11-5-8-15-17(21,2)9-6-10-18-15/h12,15,18H,4-11H2,1-3H3/t15-,17+/m1/s1. The Morgan fingerprint density at radius 3 is 3.09 bits per heavy atom. The molecule has 3 heterocycles. The molecule has 1 aromatic rings. The number of aromatic nitrogens is 2. The second-order valence-corrected chi connectivity index (χ2v) is 6.96. The Bertz CT molecular complexity index is 551. The Labute approximate surface area is 133 Å². The first-order valence-corrected chi connectivity index (χ1v) is 8.64. The van der Waals surface area contributed by atoms with Crippen molar-refractivity contribution in [3.05, 3.63) is 17.5 Å². The van der Waals surface area contributed by atoms with Gasteiger partial charge in [-0.2, -0.15) is 5.10 Å². The van der Waals surface area contributed by atoms with Gasteiger partial charge in [0.1, 0.15) is 5.69 Å². The largest absolute Gasteiger partial charge is 0.330 e. The van der Waals surface area contributed by atoms with Crippen LogP contribution in [0.5, 0.6) is 0 Å². The van der Waals surface area contributed by atoms with E-state index in [1.54, 1.807) is 4.68 Å². The molecule has 2 aliphatic rings. The Morgan fingerprint density at radius 2 is 2.32 bits per heavy atom. The van der Waals surface area contributed by atoms with Gasteiger partial charge in [0.05, 0.1) is 11.2 Å². The van der Waals surface area contributed by atoms with Gasteiger partial charge in [-0.15, -0.1) is 0 Å². The lowest BCUT2D eigenvalue weighted by Gasteiger charge is -2.52. The minimum atomic E-state index is -0.0528. The highest BCUT2D eigenvalue weighted by atomic mass is 16.2. The van der Waals surface area contributed by atoms with Crippen LogP contribution in [0.2, 0.25) is 0 Å². The molecule has 0 radical (unpaired) electrons. The van der Waals surface area contributed by atoms with E-state index in [0.29, 0.717) is 6.04 Å². The van der Waals surface area contributed by atoms with Gasteiger partial charge < -0.3 is 10.2 Å². The summed E-state index contributed by atoms with van der Waals surface area (Å²) in [6.45, 7) is 6.33. The predicted octanol–water partition coefficient (Wildman–Crippen LogP) is 2.12. The van der Waals surface area contributed by atoms with Gasteiger partial charge in [0.25, 0.3) is 5.91 Å². The highest BCUT2D eigenvalue weighted by Crippen LogP contribution is 2.35. The van der Waals surface area contributed by atoms with Gasteiger partial charge in [-0.1, -0.05) is 13.3 Å². The SMILES string of the molecule is CCCc1cc(C(=O)N2CCC[C@H]3NCCC[C@@]32C)n(C)n1. The molecule has 3 rings (SSSR count). The summed E-state index contributed by atoms with van der Waals surface area (Å²) in [5, 5.41) is 8.12. The smallest absolute Gasteiger partial charge is 0.272 e. The molecule has 1 amide bonds. The minimum Gasteiger partial charge on any atom is -0.330 e. The number of nitrogens with zero attached hydrogens (tertiary/aromatic N) is 3. The summed E-state index contributed by atoms with van der Waals surface area (Å²) in [5.41, 5.74) is 1.70. The van der Waals surface area contributed by atoms with E-state index < -0.39 is 0 Å². The Morgan fingerprint density at radius 1 is 1.50 bits per heavy atom. The lowest BCUT2D eigenvalue weighted by molar-refractivity contribution is 0.00797. The molecule has 1 aromatic heterocycles. The maximum absolute atomic E-state index is 13.1. The number of carbonyl (C=O) groups excluding carboxylic acids is 1. The first kappa shape index (κ1) is 15.5. The van der Waals surface area contributed by atoms with Crippen LogP contribution in [0.4, 0.5) is 0 Å². The normalized spacial score (nSPS) is 28.5. The van der Waals surface area contributed by atoms with Crippen molar-refractivity contribution < 1.29 is 4.79 Å². The van der Waals surface area contributed by atoms with E-state index in [9.17, 15) is 4.79 Å². The fraction of sp³-hybridized carbons (Fsp3) is 0.765. The van der Waals surface area contributed by atoms with Gasteiger partial charge in [-0.3, -0.25) is 9.48 Å². The number of fused-ring (bicyclic) bond motifs is 1. The van der Waals surface area contributed by atoms with Gasteiger partial charge in [0.2, 0.25) is 0 Å². The number of piperidine rings is 2. The first-order valence-electron chi connectivity index (χ1n) is 8.64. The van der Waals surface area contributed by atoms with Crippen LogP contribution in [-0.4, -0.2) is 45.3 Å². The molecule has 2 fully saturated rings. The lowest BCUT2D eigenvalue weighted by Crippen LogP contribution is -2.66. The molecule has 22 heavy (non-hydrogen) atoms. The maximum Gasteiger partial charge on any atom is 0.272 e. The predicted molar refractivity (Wildman–Crippen MR) is 86.9 cm³/mol. The highest BCUT2D eigenvalue weighted by Gasteiger charge is 2.46. The molecule has 0 bridgehead atoms. The van der Waals surface area contributed by atoms with E-state index in [-0.39, 0.29) is 11.4 Å². The Hall–Kier alpha value is -1.36. The zero-order chi connectivity index (χ0) is 15.7. The zero-order valence-electron chi connectivity index (χ0n) is 14.1. The molecule has 5 heteroatoms. The van der Waals surface area contributed by atoms with Crippen molar-refractivity contribution in [2.24, 2.45) is 7.05 Å². The van der Waals surface area contributed by atoms with Crippen molar-refractivity contribution >= 4 is 5.91 Å². The third kappa shape index (κ3) is 2.56. The summed E-state index contributed by atoms with van der Waals surface area (Å²) < 4.78 is 1.76. The number of hydrogen-bond donors (Lipinski definition) is 1. The molecule has 122 valence electrons. The monoisotopic (exact) mass is 304 g/mol. The number of aryl methyl sites for hydroxylation is 2. The third-order valence-corrected chi connectivity index (χ3v) is 5.39. The van der Waals surface area contributed by atoms with E-state index in [0.717, 1.165) is 56.6 Å². The molecular formula is C17H28N4O. The minimum absolute atomic E-state index is 0.0528. The van der Waals surface area contributed by atoms with E-state index >= 15 is 0 Å². The van der Waals surface area contributed by atoms with Crippen molar-refractivity contribution in [2.45, 2.75) is 64.0 Å². The van der Waals surface area contributed by atoms with Crippen LogP contribution >= 0.6 is 0 Å². The molecule has 1 N–H and O–H groups in total. The second-order valence-electron chi connectivity index (χ2n) is 6.96. The number of hydrogen-bond acceptors (Lipinski definition) is 3. The van der Waals surface area contributed by atoms with E-state index in [1.165, 1.54) is 6.42 Å². The number of nitrogens with one attached hydrogen (secondary N) is 1. The number of likely N-dealkylation sites (tertiary alicyclic amines) is 1. The maximum atomic E-state index is 13.1. The molecule has 0 saturated carbocycles. The van der Waals surface area contributed by atoms with Crippen LogP contribution in [0.1, 0.15) is 62.1 Å².